The fraction of sp³-hybridized carbons (Fsp3) is 0.826. The Balaban J connectivity index is 1.47. The van der Waals surface area contributed by atoms with Gasteiger partial charge in [-0.25, -0.2) is 0 Å². The average molecular weight is 399 g/mol. The molecule has 0 aromatic rings. The van der Waals surface area contributed by atoms with Crippen LogP contribution in [0.25, 0.3) is 0 Å². The molecule has 0 saturated carbocycles. The lowest BCUT2D eigenvalue weighted by molar-refractivity contribution is 0.144. The molecule has 3 rings (SSSR count). The van der Waals surface area contributed by atoms with Crippen LogP contribution in [0, 0.1) is 28.6 Å². The lowest BCUT2D eigenvalue weighted by Crippen LogP contribution is -2.43. The molecule has 3 saturated heterocycles. The van der Waals surface area contributed by atoms with E-state index in [0.29, 0.717) is 6.04 Å². The maximum Gasteiger partial charge on any atom is 0.169 e. The number of likely N-dealkylation sites (tertiary alicyclic amines) is 3. The van der Waals surface area contributed by atoms with Crippen LogP contribution in [-0.2, 0) is 0 Å². The molecule has 6 heteroatoms. The first kappa shape index (κ1) is 21.9. The number of nitrogens with zero attached hydrogens (tertiary/aromatic N) is 5. The molecule has 1 unspecified atom stereocenters. The van der Waals surface area contributed by atoms with Crippen LogP contribution in [0.5, 0.6) is 0 Å². The standard InChI is InChI=1S/C23H38N6/c1-20-7-5-13-28(20)14-6-10-26-23(22(17-24)18-25)29-15-8-21(9-16-29)19-27-11-3-2-4-12-27/h20-21,26H,2-16,19H2,1H3. The Kier molecular flexibility index (Phi) is 8.65. The van der Waals surface area contributed by atoms with Gasteiger partial charge in [-0.05, 0) is 77.4 Å². The van der Waals surface area contributed by atoms with Gasteiger partial charge < -0.3 is 20.0 Å². The molecular weight excluding hydrogens is 360 g/mol. The molecule has 3 aliphatic rings. The van der Waals surface area contributed by atoms with Crippen LogP contribution >= 0.6 is 0 Å². The number of hydrogen-bond donors (Lipinski definition) is 1. The van der Waals surface area contributed by atoms with Crippen molar-refractivity contribution in [2.75, 3.05) is 52.4 Å². The highest BCUT2D eigenvalue weighted by molar-refractivity contribution is 5.39. The molecule has 0 amide bonds. The van der Waals surface area contributed by atoms with E-state index in [1.54, 1.807) is 0 Å². The van der Waals surface area contributed by atoms with Crippen molar-refractivity contribution in [1.29, 1.82) is 10.5 Å². The van der Waals surface area contributed by atoms with Crippen molar-refractivity contribution in [3.63, 3.8) is 0 Å². The van der Waals surface area contributed by atoms with Gasteiger partial charge in [0, 0.05) is 38.8 Å². The number of nitrogens with one attached hydrogen (secondary N) is 1. The Bertz CT molecular complexity index is 600. The summed E-state index contributed by atoms with van der Waals surface area (Å²) in [6.45, 7) is 11.0. The van der Waals surface area contributed by atoms with E-state index in [1.807, 2.05) is 0 Å². The average Bonchev–Trinajstić information content (AvgIpc) is 3.16. The zero-order valence-electron chi connectivity index (χ0n) is 18.2. The predicted octanol–water partition coefficient (Wildman–Crippen LogP) is 2.91. The van der Waals surface area contributed by atoms with Gasteiger partial charge in [-0.15, -0.1) is 0 Å². The second-order valence-corrected chi connectivity index (χ2v) is 9.05. The lowest BCUT2D eigenvalue weighted by atomic mass is 9.95. The Morgan fingerprint density at radius 2 is 1.66 bits per heavy atom. The van der Waals surface area contributed by atoms with Crippen LogP contribution in [0.15, 0.2) is 11.4 Å². The van der Waals surface area contributed by atoms with Gasteiger partial charge in [0.05, 0.1) is 0 Å². The highest BCUT2D eigenvalue weighted by Crippen LogP contribution is 2.23. The Morgan fingerprint density at radius 1 is 0.931 bits per heavy atom. The quantitative estimate of drug-likeness (QED) is 0.501. The van der Waals surface area contributed by atoms with E-state index in [2.05, 4.69) is 39.1 Å². The number of nitriles is 2. The maximum atomic E-state index is 9.45. The molecule has 160 valence electrons. The summed E-state index contributed by atoms with van der Waals surface area (Å²) in [6, 6.07) is 4.91. The summed E-state index contributed by atoms with van der Waals surface area (Å²) >= 11 is 0. The number of allylic oxidation sites excluding steroid dienone is 1. The molecular formula is C23H38N6. The van der Waals surface area contributed by atoms with Gasteiger partial charge >= 0.3 is 0 Å². The van der Waals surface area contributed by atoms with Crippen molar-refractivity contribution in [2.24, 2.45) is 5.92 Å². The van der Waals surface area contributed by atoms with Gasteiger partial charge in [0.2, 0.25) is 0 Å². The van der Waals surface area contributed by atoms with E-state index in [0.717, 1.165) is 57.2 Å². The minimum Gasteiger partial charge on any atom is -0.370 e. The van der Waals surface area contributed by atoms with Gasteiger partial charge in [0.25, 0.3) is 0 Å². The fourth-order valence-corrected chi connectivity index (χ4v) is 5.15. The second kappa shape index (κ2) is 11.4. The molecule has 6 nitrogen and oxygen atoms in total. The Hall–Kier alpha value is -1.76. The molecule has 0 radical (unpaired) electrons. The molecule has 1 atom stereocenters. The third-order valence-electron chi connectivity index (χ3n) is 6.96. The zero-order chi connectivity index (χ0) is 20.5. The van der Waals surface area contributed by atoms with Crippen LogP contribution in [-0.4, -0.2) is 73.1 Å². The topological polar surface area (TPSA) is 69.3 Å². The number of rotatable bonds is 8. The van der Waals surface area contributed by atoms with Crippen molar-refractivity contribution in [1.82, 2.24) is 20.0 Å². The molecule has 0 aromatic carbocycles. The first-order valence-corrected chi connectivity index (χ1v) is 11.7. The predicted molar refractivity (Wildman–Crippen MR) is 116 cm³/mol. The van der Waals surface area contributed by atoms with E-state index < -0.39 is 0 Å². The molecule has 3 heterocycles. The van der Waals surface area contributed by atoms with Crippen molar-refractivity contribution >= 4 is 0 Å². The van der Waals surface area contributed by atoms with E-state index in [1.165, 1.54) is 58.3 Å². The smallest absolute Gasteiger partial charge is 0.169 e. The third kappa shape index (κ3) is 6.36. The minimum atomic E-state index is 0.231. The summed E-state index contributed by atoms with van der Waals surface area (Å²) in [5, 5.41) is 22.3. The highest BCUT2D eigenvalue weighted by atomic mass is 15.3. The van der Waals surface area contributed by atoms with Gasteiger partial charge in [-0.2, -0.15) is 10.5 Å². The van der Waals surface area contributed by atoms with Crippen molar-refractivity contribution in [3.8, 4) is 12.1 Å². The van der Waals surface area contributed by atoms with Gasteiger partial charge in [-0.1, -0.05) is 6.42 Å². The molecule has 1 N–H and O–H groups in total. The summed E-state index contributed by atoms with van der Waals surface area (Å²) in [4.78, 5) is 7.42. The summed E-state index contributed by atoms with van der Waals surface area (Å²) < 4.78 is 0. The maximum absolute atomic E-state index is 9.45. The second-order valence-electron chi connectivity index (χ2n) is 9.05. The molecule has 29 heavy (non-hydrogen) atoms. The SMILES string of the molecule is CC1CCCN1CCCNC(=C(C#N)C#N)N1CCC(CN2CCCCC2)CC1. The van der Waals surface area contributed by atoms with Crippen LogP contribution in [0.4, 0.5) is 0 Å². The third-order valence-corrected chi connectivity index (χ3v) is 6.96. The Morgan fingerprint density at radius 3 is 2.28 bits per heavy atom. The summed E-state index contributed by atoms with van der Waals surface area (Å²) in [6.07, 6.45) is 10.0. The largest absolute Gasteiger partial charge is 0.370 e. The highest BCUT2D eigenvalue weighted by Gasteiger charge is 2.25. The molecule has 3 fully saturated rings. The van der Waals surface area contributed by atoms with Crippen LogP contribution in [0.1, 0.15) is 58.3 Å². The first-order chi connectivity index (χ1) is 14.2. The normalized spacial score (nSPS) is 24.1. The molecule has 0 aliphatic carbocycles. The first-order valence-electron chi connectivity index (χ1n) is 11.7. The zero-order valence-corrected chi connectivity index (χ0v) is 18.2. The monoisotopic (exact) mass is 398 g/mol. The van der Waals surface area contributed by atoms with Crippen LogP contribution < -0.4 is 5.32 Å². The van der Waals surface area contributed by atoms with E-state index in [4.69, 9.17) is 0 Å². The molecule has 0 spiro atoms. The minimum absolute atomic E-state index is 0.231. The number of piperidine rings is 2. The summed E-state index contributed by atoms with van der Waals surface area (Å²) in [7, 11) is 0. The van der Waals surface area contributed by atoms with Crippen molar-refractivity contribution in [2.45, 2.75) is 64.3 Å². The van der Waals surface area contributed by atoms with E-state index >= 15 is 0 Å². The van der Waals surface area contributed by atoms with E-state index in [-0.39, 0.29) is 5.57 Å². The number of hydrogen-bond acceptors (Lipinski definition) is 6. The van der Waals surface area contributed by atoms with Crippen LogP contribution in [0.3, 0.4) is 0 Å². The summed E-state index contributed by atoms with van der Waals surface area (Å²) in [5.41, 5.74) is 0.231. The molecule has 3 aliphatic heterocycles. The van der Waals surface area contributed by atoms with Gasteiger partial charge in [-0.3, -0.25) is 0 Å². The Labute approximate surface area is 177 Å². The van der Waals surface area contributed by atoms with E-state index in [9.17, 15) is 10.5 Å². The van der Waals surface area contributed by atoms with Crippen LogP contribution in [0.2, 0.25) is 0 Å². The van der Waals surface area contributed by atoms with Gasteiger partial charge in [0.15, 0.2) is 5.57 Å². The van der Waals surface area contributed by atoms with Gasteiger partial charge in [0.1, 0.15) is 18.0 Å². The fourth-order valence-electron chi connectivity index (χ4n) is 5.15. The van der Waals surface area contributed by atoms with Crippen molar-refractivity contribution < 1.29 is 0 Å². The molecule has 0 bridgehead atoms. The lowest BCUT2D eigenvalue weighted by Gasteiger charge is -2.38. The summed E-state index contributed by atoms with van der Waals surface area (Å²) in [5.74, 6) is 1.51. The van der Waals surface area contributed by atoms with Crippen molar-refractivity contribution in [3.05, 3.63) is 11.4 Å². The molecule has 0 aromatic heterocycles.